The van der Waals surface area contributed by atoms with Crippen LogP contribution in [0.4, 0.5) is 0 Å². The zero-order chi connectivity index (χ0) is 21.4. The highest BCUT2D eigenvalue weighted by Gasteiger charge is 2.30. The van der Waals surface area contributed by atoms with Crippen molar-refractivity contribution in [2.24, 2.45) is 11.1 Å². The number of esters is 1. The maximum atomic E-state index is 11.8. The lowest BCUT2D eigenvalue weighted by molar-refractivity contribution is -0.156. The van der Waals surface area contributed by atoms with E-state index in [0.29, 0.717) is 0 Å². The van der Waals surface area contributed by atoms with Gasteiger partial charge in [0.1, 0.15) is 0 Å². The van der Waals surface area contributed by atoms with E-state index in [1.54, 1.807) is 26.8 Å². The molecule has 0 saturated carbocycles. The van der Waals surface area contributed by atoms with Gasteiger partial charge in [0.15, 0.2) is 5.56 Å². The van der Waals surface area contributed by atoms with E-state index in [1.165, 1.54) is 64.2 Å². The van der Waals surface area contributed by atoms with Crippen molar-refractivity contribution in [3.8, 4) is 0 Å². The summed E-state index contributed by atoms with van der Waals surface area (Å²) in [4.78, 5) is 11.8. The molecule has 0 amide bonds. The van der Waals surface area contributed by atoms with Crippen LogP contribution in [0.15, 0.2) is 12.2 Å². The predicted molar refractivity (Wildman–Crippen MR) is 119 cm³/mol. The van der Waals surface area contributed by atoms with Gasteiger partial charge in [0.2, 0.25) is 0 Å². The van der Waals surface area contributed by atoms with E-state index in [0.717, 1.165) is 12.8 Å². The van der Waals surface area contributed by atoms with Crippen LogP contribution >= 0.6 is 11.6 Å². The highest BCUT2D eigenvalue weighted by atomic mass is 35.5. The highest BCUT2D eigenvalue weighted by molar-refractivity contribution is 6.20. The Hall–Kier alpha value is -0.580. The first-order chi connectivity index (χ1) is 13.2. The Bertz CT molecular complexity index is 421. The first kappa shape index (κ1) is 27.4. The van der Waals surface area contributed by atoms with Crippen LogP contribution in [0, 0.1) is 5.41 Å². The van der Waals surface area contributed by atoms with Crippen molar-refractivity contribution in [3.63, 3.8) is 0 Å². The minimum absolute atomic E-state index is 0.430. The van der Waals surface area contributed by atoms with Crippen LogP contribution in [-0.2, 0) is 9.53 Å². The minimum Gasteiger partial charge on any atom is -0.444 e. The molecular formula is C23H44ClNO3. The molecule has 166 valence electrons. The molecule has 0 bridgehead atoms. The van der Waals surface area contributed by atoms with Crippen molar-refractivity contribution in [2.45, 2.75) is 122 Å². The number of ether oxygens (including phenoxy) is 1. The number of rotatable bonds is 16. The molecule has 3 atom stereocenters. The minimum atomic E-state index is -1.05. The monoisotopic (exact) mass is 417 g/mol. The number of unbranched alkanes of at least 4 members (excludes halogenated alkanes) is 11. The Balaban J connectivity index is 3.74. The van der Waals surface area contributed by atoms with Crippen LogP contribution in [0.3, 0.4) is 0 Å². The van der Waals surface area contributed by atoms with Gasteiger partial charge in [0.05, 0.1) is 17.6 Å². The molecule has 0 aliphatic heterocycles. The number of carbonyl (C=O) groups excluding carboxylic acids is 1. The Kier molecular flexibility index (Phi) is 15.9. The molecular weight excluding hydrogens is 374 g/mol. The summed E-state index contributed by atoms with van der Waals surface area (Å²) in [5.41, 5.74) is 4.19. The number of alkyl halides is 1. The number of allylic oxidation sites excluding steroid dienone is 1. The van der Waals surface area contributed by atoms with E-state index < -0.39 is 29.1 Å². The smallest absolute Gasteiger partial charge is 0.312 e. The molecule has 0 spiro atoms. The summed E-state index contributed by atoms with van der Waals surface area (Å²) >= 11 is 6.02. The lowest BCUT2D eigenvalue weighted by Crippen LogP contribution is -2.44. The van der Waals surface area contributed by atoms with Crippen molar-refractivity contribution >= 4 is 17.6 Å². The third-order valence-electron chi connectivity index (χ3n) is 4.84. The van der Waals surface area contributed by atoms with Crippen molar-refractivity contribution in [1.29, 1.82) is 0 Å². The van der Waals surface area contributed by atoms with Crippen LogP contribution in [-0.4, -0.2) is 28.8 Å². The van der Waals surface area contributed by atoms with Crippen molar-refractivity contribution in [3.05, 3.63) is 12.2 Å². The van der Waals surface area contributed by atoms with Gasteiger partial charge in [0.25, 0.3) is 0 Å². The van der Waals surface area contributed by atoms with E-state index in [-0.39, 0.29) is 0 Å². The summed E-state index contributed by atoms with van der Waals surface area (Å²) in [6.45, 7) is 7.49. The standard InChI is InChI=1S/C23H44ClNO3/c1-5-6-7-8-9-10-11-12-13-14-15-16-17-18-19(26)20(25)21(24)28-22(27)23(2,3)4/h17-21,26H,5-16,25H2,1-4H3. The molecule has 0 aliphatic rings. The number of aliphatic hydroxyl groups excluding tert-OH is 1. The zero-order valence-corrected chi connectivity index (χ0v) is 19.3. The van der Waals surface area contributed by atoms with Crippen LogP contribution in [0.2, 0.25) is 0 Å². The predicted octanol–water partition coefficient (Wildman–Crippen LogP) is 6.09. The van der Waals surface area contributed by atoms with Crippen LogP contribution in [0.5, 0.6) is 0 Å². The topological polar surface area (TPSA) is 72.6 Å². The van der Waals surface area contributed by atoms with Gasteiger partial charge in [-0.3, -0.25) is 4.79 Å². The molecule has 5 heteroatoms. The molecule has 0 aromatic heterocycles. The van der Waals surface area contributed by atoms with Gasteiger partial charge in [-0.1, -0.05) is 94.9 Å². The van der Waals surface area contributed by atoms with Gasteiger partial charge in [0, 0.05) is 0 Å². The molecule has 0 aliphatic carbocycles. The van der Waals surface area contributed by atoms with Crippen molar-refractivity contribution in [2.75, 3.05) is 0 Å². The molecule has 3 N–H and O–H groups in total. The van der Waals surface area contributed by atoms with E-state index in [9.17, 15) is 9.90 Å². The van der Waals surface area contributed by atoms with Gasteiger partial charge in [-0.05, 0) is 33.6 Å². The van der Waals surface area contributed by atoms with Gasteiger partial charge in [-0.15, -0.1) is 0 Å². The third-order valence-corrected chi connectivity index (χ3v) is 5.22. The number of nitrogens with two attached hydrogens (primary N) is 1. The Labute approximate surface area is 178 Å². The van der Waals surface area contributed by atoms with Crippen molar-refractivity contribution < 1.29 is 14.6 Å². The fraction of sp³-hybridized carbons (Fsp3) is 0.870. The van der Waals surface area contributed by atoms with Gasteiger partial charge >= 0.3 is 5.97 Å². The number of hydrogen-bond acceptors (Lipinski definition) is 4. The molecule has 0 aromatic rings. The largest absolute Gasteiger partial charge is 0.444 e. The van der Waals surface area contributed by atoms with Crippen LogP contribution in [0.1, 0.15) is 105 Å². The second-order valence-corrected chi connectivity index (χ2v) is 9.26. The summed E-state index contributed by atoms with van der Waals surface area (Å²) in [5, 5.41) is 10.1. The van der Waals surface area contributed by atoms with Gasteiger partial charge in [-0.25, -0.2) is 0 Å². The number of halogens is 1. The lowest BCUT2D eigenvalue weighted by atomic mass is 9.97. The van der Waals surface area contributed by atoms with Crippen molar-refractivity contribution in [1.82, 2.24) is 0 Å². The van der Waals surface area contributed by atoms with E-state index in [4.69, 9.17) is 22.1 Å². The number of hydrogen-bond donors (Lipinski definition) is 2. The molecule has 0 aromatic carbocycles. The number of aliphatic hydroxyl groups is 1. The summed E-state index contributed by atoms with van der Waals surface area (Å²) in [6, 6.07) is -0.846. The lowest BCUT2D eigenvalue weighted by Gasteiger charge is -2.25. The highest BCUT2D eigenvalue weighted by Crippen LogP contribution is 2.19. The van der Waals surface area contributed by atoms with Gasteiger partial charge < -0.3 is 15.6 Å². The molecule has 4 nitrogen and oxygen atoms in total. The van der Waals surface area contributed by atoms with Gasteiger partial charge in [-0.2, -0.15) is 0 Å². The van der Waals surface area contributed by atoms with E-state index >= 15 is 0 Å². The maximum absolute atomic E-state index is 11.8. The molecule has 3 unspecified atom stereocenters. The summed E-state index contributed by atoms with van der Waals surface area (Å²) < 4.78 is 5.12. The van der Waals surface area contributed by atoms with Crippen LogP contribution in [0.25, 0.3) is 0 Å². The van der Waals surface area contributed by atoms with E-state index in [2.05, 4.69) is 6.92 Å². The second-order valence-electron chi connectivity index (χ2n) is 8.83. The molecule has 0 fully saturated rings. The zero-order valence-electron chi connectivity index (χ0n) is 18.6. The fourth-order valence-corrected chi connectivity index (χ4v) is 3.03. The molecule has 0 radical (unpaired) electrons. The maximum Gasteiger partial charge on any atom is 0.312 e. The average Bonchev–Trinajstić information content (AvgIpc) is 2.63. The van der Waals surface area contributed by atoms with E-state index in [1.807, 2.05) is 6.08 Å². The Morgan fingerprint density at radius 2 is 1.46 bits per heavy atom. The normalized spacial score (nSPS) is 15.5. The fourth-order valence-electron chi connectivity index (χ4n) is 2.80. The summed E-state index contributed by atoms with van der Waals surface area (Å²) in [5.74, 6) is -0.430. The molecule has 28 heavy (non-hydrogen) atoms. The SMILES string of the molecule is CCCCCCCCCCCCCC=CC(O)C(N)C(Cl)OC(=O)C(C)(C)C. The number of carbonyl (C=O) groups is 1. The summed E-state index contributed by atoms with van der Waals surface area (Å²) in [7, 11) is 0. The summed E-state index contributed by atoms with van der Waals surface area (Å²) in [6.07, 6.45) is 18.1. The molecule has 0 rings (SSSR count). The second kappa shape index (κ2) is 16.2. The average molecular weight is 418 g/mol. The molecule has 0 saturated heterocycles. The Morgan fingerprint density at radius 3 is 1.93 bits per heavy atom. The first-order valence-corrected chi connectivity index (χ1v) is 11.6. The first-order valence-electron chi connectivity index (χ1n) is 11.2. The third kappa shape index (κ3) is 14.4. The Morgan fingerprint density at radius 1 is 1.00 bits per heavy atom. The quantitative estimate of drug-likeness (QED) is 0.138. The van der Waals surface area contributed by atoms with Crippen LogP contribution < -0.4 is 5.73 Å². The molecule has 0 heterocycles.